The third kappa shape index (κ3) is 2.63. The highest BCUT2D eigenvalue weighted by Gasteiger charge is 2.37. The highest BCUT2D eigenvalue weighted by molar-refractivity contribution is 5.77. The molecule has 0 bridgehead atoms. The molecule has 2 nitrogen and oxygen atoms in total. The Morgan fingerprint density at radius 1 is 1.05 bits per heavy atom. The Hall–Kier alpha value is -2.30. The first-order valence-electron chi connectivity index (χ1n) is 6.53. The van der Waals surface area contributed by atoms with Crippen LogP contribution in [0.3, 0.4) is 0 Å². The standard InChI is InChI=1S/C16H13F3N2/c1-11-7-8-14-13(9-11)20-15(16(17,18)19)21(14)10-12-5-3-2-4-6-12/h2-9H,10H2,1H3. The predicted molar refractivity (Wildman–Crippen MR) is 75.0 cm³/mol. The summed E-state index contributed by atoms with van der Waals surface area (Å²) >= 11 is 0. The Kier molecular flexibility index (Phi) is 3.20. The molecule has 0 unspecified atom stereocenters. The molecule has 0 saturated carbocycles. The number of fused-ring (bicyclic) bond motifs is 1. The number of aromatic nitrogens is 2. The van der Waals surface area contributed by atoms with Gasteiger partial charge in [-0.3, -0.25) is 0 Å². The van der Waals surface area contributed by atoms with Gasteiger partial charge in [0.25, 0.3) is 0 Å². The van der Waals surface area contributed by atoms with Crippen LogP contribution in [-0.4, -0.2) is 9.55 Å². The van der Waals surface area contributed by atoms with E-state index in [1.165, 1.54) is 4.57 Å². The smallest absolute Gasteiger partial charge is 0.316 e. The minimum Gasteiger partial charge on any atom is -0.316 e. The number of imidazole rings is 1. The lowest BCUT2D eigenvalue weighted by Crippen LogP contribution is -2.15. The van der Waals surface area contributed by atoms with E-state index in [9.17, 15) is 13.2 Å². The fraction of sp³-hybridized carbons (Fsp3) is 0.188. The Labute approximate surface area is 119 Å². The molecule has 21 heavy (non-hydrogen) atoms. The van der Waals surface area contributed by atoms with Crippen LogP contribution in [0.5, 0.6) is 0 Å². The van der Waals surface area contributed by atoms with Crippen molar-refractivity contribution in [3.63, 3.8) is 0 Å². The monoisotopic (exact) mass is 290 g/mol. The summed E-state index contributed by atoms with van der Waals surface area (Å²) in [6.07, 6.45) is -4.47. The summed E-state index contributed by atoms with van der Waals surface area (Å²) < 4.78 is 40.8. The Morgan fingerprint density at radius 3 is 2.43 bits per heavy atom. The van der Waals surface area contributed by atoms with Gasteiger partial charge in [-0.1, -0.05) is 36.4 Å². The van der Waals surface area contributed by atoms with Gasteiger partial charge in [0.05, 0.1) is 11.0 Å². The van der Waals surface area contributed by atoms with Gasteiger partial charge < -0.3 is 4.57 Å². The van der Waals surface area contributed by atoms with Gasteiger partial charge in [0, 0.05) is 6.54 Å². The van der Waals surface area contributed by atoms with Gasteiger partial charge in [-0.05, 0) is 30.2 Å². The molecule has 0 N–H and O–H groups in total. The number of hydrogen-bond acceptors (Lipinski definition) is 1. The number of alkyl halides is 3. The van der Waals surface area contributed by atoms with E-state index in [4.69, 9.17) is 0 Å². The van der Waals surface area contributed by atoms with E-state index < -0.39 is 12.0 Å². The molecule has 5 heteroatoms. The van der Waals surface area contributed by atoms with Crippen molar-refractivity contribution in [2.45, 2.75) is 19.6 Å². The topological polar surface area (TPSA) is 17.8 Å². The zero-order valence-electron chi connectivity index (χ0n) is 11.4. The largest absolute Gasteiger partial charge is 0.449 e. The molecule has 2 aromatic carbocycles. The normalized spacial score (nSPS) is 12.0. The molecule has 0 atom stereocenters. The van der Waals surface area contributed by atoms with Gasteiger partial charge in [0.2, 0.25) is 5.82 Å². The molecule has 108 valence electrons. The Morgan fingerprint density at radius 2 is 1.76 bits per heavy atom. The van der Waals surface area contributed by atoms with Crippen molar-refractivity contribution in [3.05, 3.63) is 65.5 Å². The number of halogens is 3. The number of benzene rings is 2. The van der Waals surface area contributed by atoms with Gasteiger partial charge in [-0.25, -0.2) is 4.98 Å². The fourth-order valence-corrected chi connectivity index (χ4v) is 2.38. The lowest BCUT2D eigenvalue weighted by atomic mass is 10.2. The summed E-state index contributed by atoms with van der Waals surface area (Å²) in [6, 6.07) is 14.2. The number of rotatable bonds is 2. The van der Waals surface area contributed by atoms with Crippen molar-refractivity contribution >= 4 is 11.0 Å². The summed E-state index contributed by atoms with van der Waals surface area (Å²) in [5.41, 5.74) is 2.57. The second-order valence-corrected chi connectivity index (χ2v) is 5.00. The highest BCUT2D eigenvalue weighted by atomic mass is 19.4. The van der Waals surface area contributed by atoms with Crippen molar-refractivity contribution in [1.82, 2.24) is 9.55 Å². The van der Waals surface area contributed by atoms with Gasteiger partial charge in [0.15, 0.2) is 0 Å². The average molecular weight is 290 g/mol. The summed E-state index contributed by atoms with van der Waals surface area (Å²) in [6.45, 7) is 1.98. The van der Waals surface area contributed by atoms with Crippen LogP contribution < -0.4 is 0 Å². The van der Waals surface area contributed by atoms with Crippen molar-refractivity contribution in [3.8, 4) is 0 Å². The van der Waals surface area contributed by atoms with E-state index in [0.717, 1.165) is 11.1 Å². The van der Waals surface area contributed by atoms with Crippen LogP contribution >= 0.6 is 0 Å². The van der Waals surface area contributed by atoms with Crippen LogP contribution in [0.1, 0.15) is 17.0 Å². The summed E-state index contributed by atoms with van der Waals surface area (Å²) in [4.78, 5) is 3.78. The van der Waals surface area contributed by atoms with Crippen molar-refractivity contribution in [1.29, 1.82) is 0 Å². The number of aryl methyl sites for hydroxylation is 1. The van der Waals surface area contributed by atoms with Crippen molar-refractivity contribution in [2.75, 3.05) is 0 Å². The first-order chi connectivity index (χ1) is 9.95. The van der Waals surface area contributed by atoms with E-state index in [1.54, 1.807) is 30.3 Å². The van der Waals surface area contributed by atoms with Crippen LogP contribution in [0, 0.1) is 6.92 Å². The molecule has 0 spiro atoms. The lowest BCUT2D eigenvalue weighted by molar-refractivity contribution is -0.146. The van der Waals surface area contributed by atoms with Crippen LogP contribution in [0.2, 0.25) is 0 Å². The maximum Gasteiger partial charge on any atom is 0.449 e. The minimum absolute atomic E-state index is 0.148. The second kappa shape index (κ2) is 4.91. The van der Waals surface area contributed by atoms with E-state index >= 15 is 0 Å². The maximum absolute atomic E-state index is 13.2. The van der Waals surface area contributed by atoms with Crippen molar-refractivity contribution < 1.29 is 13.2 Å². The maximum atomic E-state index is 13.2. The quantitative estimate of drug-likeness (QED) is 0.683. The van der Waals surface area contributed by atoms with Crippen LogP contribution in [0.25, 0.3) is 11.0 Å². The molecule has 3 aromatic rings. The van der Waals surface area contributed by atoms with E-state index in [2.05, 4.69) is 4.98 Å². The van der Waals surface area contributed by atoms with Crippen molar-refractivity contribution in [2.24, 2.45) is 0 Å². The molecule has 3 rings (SSSR count). The van der Waals surface area contributed by atoms with Crippen LogP contribution in [0.4, 0.5) is 13.2 Å². The summed E-state index contributed by atoms with van der Waals surface area (Å²) in [7, 11) is 0. The molecule has 0 amide bonds. The summed E-state index contributed by atoms with van der Waals surface area (Å²) in [5.74, 6) is -0.855. The SMILES string of the molecule is Cc1ccc2c(c1)nc(C(F)(F)F)n2Cc1ccccc1. The molecule has 0 aliphatic carbocycles. The van der Waals surface area contributed by atoms with Gasteiger partial charge >= 0.3 is 6.18 Å². The molecule has 1 heterocycles. The molecule has 0 saturated heterocycles. The van der Waals surface area contributed by atoms with E-state index in [1.807, 2.05) is 25.1 Å². The molecular formula is C16H13F3N2. The predicted octanol–water partition coefficient (Wildman–Crippen LogP) is 4.41. The first kappa shape index (κ1) is 13.7. The molecule has 0 fully saturated rings. The zero-order chi connectivity index (χ0) is 15.0. The first-order valence-corrected chi connectivity index (χ1v) is 6.53. The lowest BCUT2D eigenvalue weighted by Gasteiger charge is -2.11. The van der Waals surface area contributed by atoms with Gasteiger partial charge in [0.1, 0.15) is 0 Å². The molecule has 0 radical (unpaired) electrons. The Balaban J connectivity index is 2.18. The highest BCUT2D eigenvalue weighted by Crippen LogP contribution is 2.32. The molecule has 1 aromatic heterocycles. The van der Waals surface area contributed by atoms with E-state index in [-0.39, 0.29) is 6.54 Å². The molecule has 0 aliphatic heterocycles. The third-order valence-electron chi connectivity index (χ3n) is 3.34. The zero-order valence-corrected chi connectivity index (χ0v) is 11.4. The number of hydrogen-bond donors (Lipinski definition) is 0. The fourth-order valence-electron chi connectivity index (χ4n) is 2.38. The van der Waals surface area contributed by atoms with Crippen LogP contribution in [-0.2, 0) is 12.7 Å². The molecule has 0 aliphatic rings. The minimum atomic E-state index is -4.47. The van der Waals surface area contributed by atoms with Gasteiger partial charge in [-0.2, -0.15) is 13.2 Å². The number of nitrogens with zero attached hydrogens (tertiary/aromatic N) is 2. The van der Waals surface area contributed by atoms with E-state index in [0.29, 0.717) is 11.0 Å². The van der Waals surface area contributed by atoms with Gasteiger partial charge in [-0.15, -0.1) is 0 Å². The van der Waals surface area contributed by atoms with Crippen LogP contribution in [0.15, 0.2) is 48.5 Å². The average Bonchev–Trinajstić information content (AvgIpc) is 2.78. The third-order valence-corrected chi connectivity index (χ3v) is 3.34. The molecular weight excluding hydrogens is 277 g/mol. The second-order valence-electron chi connectivity index (χ2n) is 5.00. The Bertz CT molecular complexity index is 773. The summed E-state index contributed by atoms with van der Waals surface area (Å²) in [5, 5.41) is 0.